The van der Waals surface area contributed by atoms with E-state index < -0.39 is 0 Å². The van der Waals surface area contributed by atoms with Crippen molar-refractivity contribution in [1.82, 2.24) is 4.90 Å². The van der Waals surface area contributed by atoms with Gasteiger partial charge in [0.1, 0.15) is 5.75 Å². The molecule has 146 valence electrons. The Kier molecular flexibility index (Phi) is 6.84. The van der Waals surface area contributed by atoms with Crippen LogP contribution in [0.1, 0.15) is 42.1 Å². The maximum Gasteiger partial charge on any atom is 0.253 e. The summed E-state index contributed by atoms with van der Waals surface area (Å²) in [5.74, 6) is 0.606. The lowest BCUT2D eigenvalue weighted by molar-refractivity contribution is -0.111. The zero-order valence-corrected chi connectivity index (χ0v) is 16.2. The van der Waals surface area contributed by atoms with Gasteiger partial charge in [-0.25, -0.2) is 0 Å². The molecular formula is C23H26N2O3. The summed E-state index contributed by atoms with van der Waals surface area (Å²) >= 11 is 0. The van der Waals surface area contributed by atoms with E-state index in [0.29, 0.717) is 17.9 Å². The Bertz CT molecular complexity index is 837. The first kappa shape index (κ1) is 19.7. The van der Waals surface area contributed by atoms with Crippen molar-refractivity contribution in [1.29, 1.82) is 0 Å². The number of rotatable bonds is 7. The van der Waals surface area contributed by atoms with Crippen LogP contribution < -0.4 is 10.1 Å². The Morgan fingerprint density at radius 1 is 1.11 bits per heavy atom. The molecule has 5 heteroatoms. The number of nitrogens with zero attached hydrogens (tertiary/aromatic N) is 1. The molecule has 1 fully saturated rings. The maximum absolute atomic E-state index is 12.5. The van der Waals surface area contributed by atoms with Gasteiger partial charge in [0.2, 0.25) is 5.91 Å². The molecule has 0 spiro atoms. The lowest BCUT2D eigenvalue weighted by Crippen LogP contribution is -2.27. The molecule has 3 rings (SSSR count). The van der Waals surface area contributed by atoms with E-state index in [1.54, 1.807) is 30.3 Å². The summed E-state index contributed by atoms with van der Waals surface area (Å²) in [5, 5.41) is 2.82. The summed E-state index contributed by atoms with van der Waals surface area (Å²) in [6, 6.07) is 14.7. The molecule has 1 N–H and O–H groups in total. The molecule has 0 radical (unpaired) electrons. The van der Waals surface area contributed by atoms with E-state index in [2.05, 4.69) is 12.2 Å². The number of ether oxygens (including phenoxy) is 1. The van der Waals surface area contributed by atoms with Gasteiger partial charge in [0.25, 0.3) is 5.91 Å². The molecule has 1 aliphatic rings. The standard InChI is InChI=1S/C23H26N2O3/c1-2-16-28-21-11-8-18(9-12-21)10-13-22(26)24-20-7-5-6-19(17-20)23(27)25-14-3-4-15-25/h5-13,17H,2-4,14-16H2,1H3,(H,24,26). The van der Waals surface area contributed by atoms with Crippen LogP contribution in [-0.2, 0) is 4.79 Å². The van der Waals surface area contributed by atoms with Crippen molar-refractivity contribution in [2.45, 2.75) is 26.2 Å². The van der Waals surface area contributed by atoms with Gasteiger partial charge < -0.3 is 15.0 Å². The molecule has 1 heterocycles. The highest BCUT2D eigenvalue weighted by Gasteiger charge is 2.19. The SMILES string of the molecule is CCCOc1ccc(C=CC(=O)Nc2cccc(C(=O)N3CCCC3)c2)cc1. The summed E-state index contributed by atoms with van der Waals surface area (Å²) < 4.78 is 5.55. The van der Waals surface area contributed by atoms with E-state index in [4.69, 9.17) is 4.74 Å². The maximum atomic E-state index is 12.5. The first-order valence-corrected chi connectivity index (χ1v) is 9.77. The fourth-order valence-electron chi connectivity index (χ4n) is 3.08. The second kappa shape index (κ2) is 9.74. The highest BCUT2D eigenvalue weighted by Crippen LogP contribution is 2.17. The van der Waals surface area contributed by atoms with E-state index in [1.165, 1.54) is 6.08 Å². The number of anilines is 1. The molecular weight excluding hydrogens is 352 g/mol. The van der Waals surface area contributed by atoms with E-state index in [9.17, 15) is 9.59 Å². The minimum Gasteiger partial charge on any atom is -0.494 e. The zero-order chi connectivity index (χ0) is 19.8. The highest BCUT2D eigenvalue weighted by atomic mass is 16.5. The molecule has 0 unspecified atom stereocenters. The van der Waals surface area contributed by atoms with E-state index in [1.807, 2.05) is 29.2 Å². The molecule has 2 amide bonds. The van der Waals surface area contributed by atoms with Crippen LogP contribution in [0.2, 0.25) is 0 Å². The van der Waals surface area contributed by atoms with Crippen molar-refractivity contribution >= 4 is 23.6 Å². The fraction of sp³-hybridized carbons (Fsp3) is 0.304. The molecule has 1 aliphatic heterocycles. The van der Waals surface area contributed by atoms with Crippen LogP contribution in [0.15, 0.2) is 54.6 Å². The minimum atomic E-state index is -0.239. The third-order valence-electron chi connectivity index (χ3n) is 4.55. The number of amides is 2. The zero-order valence-electron chi connectivity index (χ0n) is 16.2. The van der Waals surface area contributed by atoms with Crippen LogP contribution in [-0.4, -0.2) is 36.4 Å². The summed E-state index contributed by atoms with van der Waals surface area (Å²) in [5.41, 5.74) is 2.13. The normalized spacial score (nSPS) is 13.7. The molecule has 0 saturated carbocycles. The molecule has 5 nitrogen and oxygen atoms in total. The van der Waals surface area contributed by atoms with Crippen LogP contribution >= 0.6 is 0 Å². The van der Waals surface area contributed by atoms with Gasteiger partial charge in [-0.3, -0.25) is 9.59 Å². The summed E-state index contributed by atoms with van der Waals surface area (Å²) in [6.45, 7) is 4.37. The third kappa shape index (κ3) is 5.46. The van der Waals surface area contributed by atoms with E-state index in [0.717, 1.165) is 43.7 Å². The molecule has 2 aromatic carbocycles. The number of benzene rings is 2. The Balaban J connectivity index is 1.57. The second-order valence-electron chi connectivity index (χ2n) is 6.82. The van der Waals surface area contributed by atoms with E-state index in [-0.39, 0.29) is 11.8 Å². The lowest BCUT2D eigenvalue weighted by Gasteiger charge is -2.15. The first-order valence-electron chi connectivity index (χ1n) is 9.77. The van der Waals surface area contributed by atoms with Gasteiger partial charge in [0, 0.05) is 30.4 Å². The average Bonchev–Trinajstić information content (AvgIpc) is 3.26. The monoisotopic (exact) mass is 378 g/mol. The number of carbonyl (C=O) groups is 2. The van der Waals surface area contributed by atoms with Crippen LogP contribution in [0.25, 0.3) is 6.08 Å². The Morgan fingerprint density at radius 3 is 2.57 bits per heavy atom. The second-order valence-corrected chi connectivity index (χ2v) is 6.82. The first-order chi connectivity index (χ1) is 13.7. The Hall–Kier alpha value is -3.08. The minimum absolute atomic E-state index is 0.0227. The van der Waals surface area contributed by atoms with Crippen LogP contribution in [0.4, 0.5) is 5.69 Å². The van der Waals surface area contributed by atoms with Crippen molar-refractivity contribution in [3.8, 4) is 5.75 Å². The molecule has 0 bridgehead atoms. The van der Waals surface area contributed by atoms with Gasteiger partial charge in [0.05, 0.1) is 6.61 Å². The van der Waals surface area contributed by atoms with Gasteiger partial charge in [-0.05, 0) is 61.2 Å². The van der Waals surface area contributed by atoms with Gasteiger partial charge >= 0.3 is 0 Å². The average molecular weight is 378 g/mol. The highest BCUT2D eigenvalue weighted by molar-refractivity contribution is 6.03. The number of likely N-dealkylation sites (tertiary alicyclic amines) is 1. The topological polar surface area (TPSA) is 58.6 Å². The predicted molar refractivity (Wildman–Crippen MR) is 111 cm³/mol. The van der Waals surface area contributed by atoms with Crippen molar-refractivity contribution in [2.24, 2.45) is 0 Å². The van der Waals surface area contributed by atoms with Crippen molar-refractivity contribution in [3.05, 3.63) is 65.7 Å². The van der Waals surface area contributed by atoms with Crippen molar-refractivity contribution < 1.29 is 14.3 Å². The third-order valence-corrected chi connectivity index (χ3v) is 4.55. The number of carbonyl (C=O) groups excluding carboxylic acids is 2. The Morgan fingerprint density at radius 2 is 1.86 bits per heavy atom. The molecule has 0 aromatic heterocycles. The molecule has 28 heavy (non-hydrogen) atoms. The molecule has 0 atom stereocenters. The number of nitrogens with one attached hydrogen (secondary N) is 1. The number of hydrogen-bond acceptors (Lipinski definition) is 3. The van der Waals surface area contributed by atoms with Crippen LogP contribution in [0, 0.1) is 0 Å². The molecule has 2 aromatic rings. The lowest BCUT2D eigenvalue weighted by atomic mass is 10.1. The molecule has 0 aliphatic carbocycles. The van der Waals surface area contributed by atoms with Gasteiger partial charge in [0.15, 0.2) is 0 Å². The number of hydrogen-bond donors (Lipinski definition) is 1. The fourth-order valence-corrected chi connectivity index (χ4v) is 3.08. The summed E-state index contributed by atoms with van der Waals surface area (Å²) in [6.07, 6.45) is 6.30. The van der Waals surface area contributed by atoms with Gasteiger partial charge in [-0.1, -0.05) is 25.1 Å². The van der Waals surface area contributed by atoms with Crippen molar-refractivity contribution in [3.63, 3.8) is 0 Å². The molecule has 1 saturated heterocycles. The quantitative estimate of drug-likeness (QED) is 0.728. The van der Waals surface area contributed by atoms with Crippen LogP contribution in [0.3, 0.4) is 0 Å². The largest absolute Gasteiger partial charge is 0.494 e. The summed E-state index contributed by atoms with van der Waals surface area (Å²) in [4.78, 5) is 26.5. The van der Waals surface area contributed by atoms with Gasteiger partial charge in [-0.2, -0.15) is 0 Å². The van der Waals surface area contributed by atoms with E-state index >= 15 is 0 Å². The smallest absolute Gasteiger partial charge is 0.253 e. The van der Waals surface area contributed by atoms with Crippen LogP contribution in [0.5, 0.6) is 5.75 Å². The van der Waals surface area contributed by atoms with Gasteiger partial charge in [-0.15, -0.1) is 0 Å². The summed E-state index contributed by atoms with van der Waals surface area (Å²) in [7, 11) is 0. The predicted octanol–water partition coefficient (Wildman–Crippen LogP) is 4.36. The van der Waals surface area contributed by atoms with Crippen molar-refractivity contribution in [2.75, 3.05) is 25.0 Å². The Labute approximate surface area is 166 Å².